The Kier molecular flexibility index (Phi) is 6.40. The van der Waals surface area contributed by atoms with Crippen LogP contribution >= 0.6 is 12.4 Å². The summed E-state index contributed by atoms with van der Waals surface area (Å²) in [6.45, 7) is 0.753. The van der Waals surface area contributed by atoms with Crippen molar-refractivity contribution in [2.24, 2.45) is 5.73 Å². The van der Waals surface area contributed by atoms with E-state index in [4.69, 9.17) is 16.2 Å². The van der Waals surface area contributed by atoms with Crippen LogP contribution in [-0.4, -0.2) is 29.1 Å². The predicted octanol–water partition coefficient (Wildman–Crippen LogP) is 0.582. The molecule has 5 N–H and O–H groups in total. The van der Waals surface area contributed by atoms with Crippen molar-refractivity contribution >= 4 is 24.1 Å². The van der Waals surface area contributed by atoms with Crippen LogP contribution in [0.1, 0.15) is 12.0 Å². The second-order valence-electron chi connectivity index (χ2n) is 2.82. The number of halogens is 1. The van der Waals surface area contributed by atoms with E-state index in [0.29, 0.717) is 24.3 Å². The highest BCUT2D eigenvalue weighted by atomic mass is 35.5. The largest absolute Gasteiger partial charge is 0.396 e. The first-order valence-corrected chi connectivity index (χ1v) is 4.40. The van der Waals surface area contributed by atoms with Crippen molar-refractivity contribution in [2.45, 2.75) is 6.42 Å². The number of aliphatic hydroxyl groups is 1. The summed E-state index contributed by atoms with van der Waals surface area (Å²) in [6.07, 6.45) is 2.28. The van der Waals surface area contributed by atoms with Crippen LogP contribution in [-0.2, 0) is 0 Å². The minimum atomic E-state index is -0.00963. The molecule has 84 valence electrons. The molecule has 0 aromatic carbocycles. The normalized spacial score (nSPS) is 9.13. The maximum Gasteiger partial charge on any atom is 0.136 e. The Morgan fingerprint density at radius 2 is 2.33 bits per heavy atom. The van der Waals surface area contributed by atoms with Gasteiger partial charge < -0.3 is 16.2 Å². The quantitative estimate of drug-likeness (QED) is 0.338. The number of hydrogen-bond donors (Lipinski definition) is 4. The molecule has 0 bridgehead atoms. The first-order chi connectivity index (χ1) is 6.75. The van der Waals surface area contributed by atoms with E-state index < -0.39 is 0 Å². The summed E-state index contributed by atoms with van der Waals surface area (Å²) in [5, 5.41) is 18.9. The van der Waals surface area contributed by atoms with Gasteiger partial charge in [-0.25, -0.2) is 4.98 Å². The molecule has 1 aromatic heterocycles. The number of amidine groups is 1. The van der Waals surface area contributed by atoms with Gasteiger partial charge in [-0.2, -0.15) is 0 Å². The van der Waals surface area contributed by atoms with Crippen LogP contribution in [0.15, 0.2) is 18.3 Å². The monoisotopic (exact) mass is 230 g/mol. The summed E-state index contributed by atoms with van der Waals surface area (Å²) in [4.78, 5) is 4.06. The van der Waals surface area contributed by atoms with E-state index in [9.17, 15) is 0 Å². The minimum absolute atomic E-state index is 0. The maximum absolute atomic E-state index is 8.60. The maximum atomic E-state index is 8.60. The molecule has 1 rings (SSSR count). The summed E-state index contributed by atoms with van der Waals surface area (Å²) in [7, 11) is 0. The second-order valence-corrected chi connectivity index (χ2v) is 2.82. The van der Waals surface area contributed by atoms with Crippen molar-refractivity contribution in [3.63, 3.8) is 0 Å². The van der Waals surface area contributed by atoms with Gasteiger partial charge in [-0.1, -0.05) is 0 Å². The fraction of sp³-hybridized carbons (Fsp3) is 0.333. The summed E-state index contributed by atoms with van der Waals surface area (Å²) >= 11 is 0. The van der Waals surface area contributed by atoms with Gasteiger partial charge in [-0.05, 0) is 18.6 Å². The zero-order valence-corrected chi connectivity index (χ0v) is 9.05. The zero-order chi connectivity index (χ0) is 10.4. The Hall–Kier alpha value is -1.33. The number of rotatable bonds is 5. The van der Waals surface area contributed by atoms with Crippen LogP contribution in [0, 0.1) is 5.41 Å². The van der Waals surface area contributed by atoms with Gasteiger partial charge >= 0.3 is 0 Å². The molecule has 0 aliphatic carbocycles. The second kappa shape index (κ2) is 7.03. The third-order valence-electron chi connectivity index (χ3n) is 1.73. The number of anilines is 1. The average Bonchev–Trinajstić information content (AvgIpc) is 2.19. The van der Waals surface area contributed by atoms with Gasteiger partial charge in [0.2, 0.25) is 0 Å². The number of aromatic nitrogens is 1. The number of aliphatic hydroxyl groups excluding tert-OH is 1. The Bertz CT molecular complexity index is 319. The molecular weight excluding hydrogens is 216 g/mol. The molecule has 15 heavy (non-hydrogen) atoms. The van der Waals surface area contributed by atoms with E-state index in [2.05, 4.69) is 10.3 Å². The third-order valence-corrected chi connectivity index (χ3v) is 1.73. The van der Waals surface area contributed by atoms with Gasteiger partial charge in [-0.3, -0.25) is 5.41 Å². The van der Waals surface area contributed by atoms with E-state index in [1.54, 1.807) is 18.3 Å². The first-order valence-electron chi connectivity index (χ1n) is 4.40. The molecule has 0 aliphatic heterocycles. The molecule has 5 nitrogen and oxygen atoms in total. The summed E-state index contributed by atoms with van der Waals surface area (Å²) in [6, 6.07) is 3.46. The fourth-order valence-electron chi connectivity index (χ4n) is 1.05. The number of nitrogen functional groups attached to an aromatic ring is 1. The minimum Gasteiger partial charge on any atom is -0.396 e. The standard InChI is InChI=1S/C9H14N4O.ClH/c10-8(11)7-3-1-4-12-9(7)13-5-2-6-14;/h1,3-4,14H,2,5-6H2,(H3,10,11)(H,12,13);1H. The topological polar surface area (TPSA) is 95.0 Å². The van der Waals surface area contributed by atoms with Crippen LogP contribution < -0.4 is 11.1 Å². The molecule has 1 heterocycles. The van der Waals surface area contributed by atoms with E-state index in [0.717, 1.165) is 0 Å². The van der Waals surface area contributed by atoms with Gasteiger partial charge in [0.25, 0.3) is 0 Å². The number of nitrogens with zero attached hydrogens (tertiary/aromatic N) is 1. The molecule has 0 radical (unpaired) electrons. The average molecular weight is 231 g/mol. The van der Waals surface area contributed by atoms with Crippen molar-refractivity contribution in [3.8, 4) is 0 Å². The Balaban J connectivity index is 0.00000196. The highest BCUT2D eigenvalue weighted by Gasteiger charge is 2.04. The number of pyridine rings is 1. The van der Waals surface area contributed by atoms with Crippen molar-refractivity contribution in [1.29, 1.82) is 5.41 Å². The molecule has 1 aromatic rings. The zero-order valence-electron chi connectivity index (χ0n) is 8.23. The molecule has 0 unspecified atom stereocenters. The van der Waals surface area contributed by atoms with Crippen LogP contribution in [0.5, 0.6) is 0 Å². The summed E-state index contributed by atoms with van der Waals surface area (Å²) in [5.74, 6) is 0.582. The fourth-order valence-corrected chi connectivity index (χ4v) is 1.05. The number of hydrogen-bond acceptors (Lipinski definition) is 4. The smallest absolute Gasteiger partial charge is 0.136 e. The third kappa shape index (κ3) is 4.14. The van der Waals surface area contributed by atoms with E-state index in [1.807, 2.05) is 0 Å². The Morgan fingerprint density at radius 3 is 2.93 bits per heavy atom. The van der Waals surface area contributed by atoms with E-state index >= 15 is 0 Å². The lowest BCUT2D eigenvalue weighted by molar-refractivity contribution is 0.292. The highest BCUT2D eigenvalue weighted by Crippen LogP contribution is 2.09. The van der Waals surface area contributed by atoms with Crippen LogP contribution in [0.2, 0.25) is 0 Å². The number of nitrogens with two attached hydrogens (primary N) is 1. The predicted molar refractivity (Wildman–Crippen MR) is 62.7 cm³/mol. The molecule has 0 spiro atoms. The van der Waals surface area contributed by atoms with E-state index in [1.165, 1.54) is 0 Å². The van der Waals surface area contributed by atoms with Gasteiger partial charge in [0.15, 0.2) is 0 Å². The summed E-state index contributed by atoms with van der Waals surface area (Å²) in [5.41, 5.74) is 5.96. The molecule has 0 aliphatic rings. The molecular formula is C9H15ClN4O. The highest BCUT2D eigenvalue weighted by molar-refractivity contribution is 5.99. The lowest BCUT2D eigenvalue weighted by Crippen LogP contribution is -2.16. The first kappa shape index (κ1) is 13.7. The molecule has 6 heteroatoms. The molecule has 0 atom stereocenters. The number of nitrogens with one attached hydrogen (secondary N) is 2. The molecule has 0 saturated heterocycles. The van der Waals surface area contributed by atoms with Crippen LogP contribution in [0.4, 0.5) is 5.82 Å². The Morgan fingerprint density at radius 1 is 1.60 bits per heavy atom. The van der Waals surface area contributed by atoms with Gasteiger partial charge in [0.1, 0.15) is 11.7 Å². The van der Waals surface area contributed by atoms with Gasteiger partial charge in [0, 0.05) is 19.3 Å². The van der Waals surface area contributed by atoms with Crippen LogP contribution in [0.3, 0.4) is 0 Å². The molecule has 0 fully saturated rings. The summed E-state index contributed by atoms with van der Waals surface area (Å²) < 4.78 is 0. The van der Waals surface area contributed by atoms with Crippen LogP contribution in [0.25, 0.3) is 0 Å². The Labute approximate surface area is 94.6 Å². The van der Waals surface area contributed by atoms with Crippen molar-refractivity contribution < 1.29 is 5.11 Å². The molecule has 0 amide bonds. The van der Waals surface area contributed by atoms with Gasteiger partial charge in [-0.15, -0.1) is 12.4 Å². The van der Waals surface area contributed by atoms with Crippen molar-refractivity contribution in [1.82, 2.24) is 4.98 Å². The lowest BCUT2D eigenvalue weighted by Gasteiger charge is -2.08. The SMILES string of the molecule is Cl.N=C(N)c1cccnc1NCCCO. The molecule has 0 saturated carbocycles. The van der Waals surface area contributed by atoms with Crippen molar-refractivity contribution in [3.05, 3.63) is 23.9 Å². The van der Waals surface area contributed by atoms with E-state index in [-0.39, 0.29) is 24.8 Å². The van der Waals surface area contributed by atoms with Crippen molar-refractivity contribution in [2.75, 3.05) is 18.5 Å². The lowest BCUT2D eigenvalue weighted by atomic mass is 10.2. The van der Waals surface area contributed by atoms with Gasteiger partial charge in [0.05, 0.1) is 5.56 Å².